The highest BCUT2D eigenvalue weighted by molar-refractivity contribution is 5.91. The summed E-state index contributed by atoms with van der Waals surface area (Å²) in [6.45, 7) is 8.96. The van der Waals surface area contributed by atoms with E-state index in [4.69, 9.17) is 4.74 Å². The highest BCUT2D eigenvalue weighted by Gasteiger charge is 2.69. The van der Waals surface area contributed by atoms with Crippen LogP contribution in [-0.4, -0.2) is 52.1 Å². The number of hydrogen-bond acceptors (Lipinski definition) is 5. The monoisotopic (exact) mass is 434 g/mol. The van der Waals surface area contributed by atoms with Crippen LogP contribution in [0.5, 0.6) is 0 Å². The maximum absolute atomic E-state index is 12.1. The molecule has 10 atom stereocenters. The van der Waals surface area contributed by atoms with Gasteiger partial charge in [0, 0.05) is 11.8 Å². The summed E-state index contributed by atoms with van der Waals surface area (Å²) in [6.07, 6.45) is 8.24. The molecular formula is C26H42O5. The number of carbonyl (C=O) groups is 1. The van der Waals surface area contributed by atoms with Crippen LogP contribution in [0.15, 0.2) is 12.2 Å². The van der Waals surface area contributed by atoms with Crippen LogP contribution < -0.4 is 0 Å². The van der Waals surface area contributed by atoms with Gasteiger partial charge in [-0.3, -0.25) is 4.79 Å². The summed E-state index contributed by atoms with van der Waals surface area (Å²) >= 11 is 0. The average molecular weight is 435 g/mol. The summed E-state index contributed by atoms with van der Waals surface area (Å²) in [5, 5.41) is 32.6. The number of ether oxygens (including phenoxy) is 1. The first-order chi connectivity index (χ1) is 14.6. The predicted molar refractivity (Wildman–Crippen MR) is 119 cm³/mol. The molecule has 0 heterocycles. The second-order valence-corrected chi connectivity index (χ2v) is 11.6. The zero-order chi connectivity index (χ0) is 22.6. The Morgan fingerprint density at radius 1 is 1.26 bits per heavy atom. The molecule has 3 fully saturated rings. The maximum atomic E-state index is 12.1. The van der Waals surface area contributed by atoms with E-state index >= 15 is 0 Å². The molecule has 0 spiro atoms. The minimum Gasteiger partial charge on any atom is -0.394 e. The molecule has 0 bridgehead atoms. The minimum atomic E-state index is -0.950. The molecule has 0 aliphatic heterocycles. The SMILES string of the molecule is CC[C@@H](C)CO[C@]1(C(O)CO)CC[C@H]2[C@@H]3CCC4CC(=O)C=C[C@]4(C)[C@H]3C(O)C[C@@]21C. The second-order valence-electron chi connectivity index (χ2n) is 11.6. The molecule has 3 N–H and O–H groups in total. The molecule has 0 amide bonds. The van der Waals surface area contributed by atoms with Gasteiger partial charge in [0.05, 0.1) is 19.3 Å². The van der Waals surface area contributed by atoms with Crippen molar-refractivity contribution < 1.29 is 24.9 Å². The largest absolute Gasteiger partial charge is 0.394 e. The third-order valence-electron chi connectivity index (χ3n) is 10.2. The van der Waals surface area contributed by atoms with Gasteiger partial charge in [-0.05, 0) is 73.2 Å². The van der Waals surface area contributed by atoms with E-state index in [0.717, 1.165) is 32.1 Å². The zero-order valence-corrected chi connectivity index (χ0v) is 19.7. The van der Waals surface area contributed by atoms with Crippen molar-refractivity contribution in [3.8, 4) is 0 Å². The van der Waals surface area contributed by atoms with Crippen LogP contribution in [0.3, 0.4) is 0 Å². The Hall–Kier alpha value is -0.750. The smallest absolute Gasteiger partial charge is 0.155 e. The van der Waals surface area contributed by atoms with Crippen LogP contribution in [0, 0.1) is 40.4 Å². The van der Waals surface area contributed by atoms with E-state index < -0.39 is 17.8 Å². The van der Waals surface area contributed by atoms with Gasteiger partial charge < -0.3 is 20.1 Å². The summed E-state index contributed by atoms with van der Waals surface area (Å²) in [5.74, 6) is 1.70. The highest BCUT2D eigenvalue weighted by Crippen LogP contribution is 2.68. The van der Waals surface area contributed by atoms with Crippen LogP contribution in [0.1, 0.15) is 72.6 Å². The van der Waals surface area contributed by atoms with Gasteiger partial charge in [-0.25, -0.2) is 0 Å². The van der Waals surface area contributed by atoms with E-state index in [-0.39, 0.29) is 29.1 Å². The number of allylic oxidation sites excluding steroid dienone is 2. The lowest BCUT2D eigenvalue weighted by molar-refractivity contribution is -0.236. The summed E-state index contributed by atoms with van der Waals surface area (Å²) in [7, 11) is 0. The van der Waals surface area contributed by atoms with Gasteiger partial charge in [-0.1, -0.05) is 40.2 Å². The van der Waals surface area contributed by atoms with Crippen molar-refractivity contribution in [2.24, 2.45) is 40.4 Å². The van der Waals surface area contributed by atoms with Gasteiger partial charge >= 0.3 is 0 Å². The van der Waals surface area contributed by atoms with Gasteiger partial charge in [0.2, 0.25) is 0 Å². The van der Waals surface area contributed by atoms with Gasteiger partial charge in [0.15, 0.2) is 5.78 Å². The fourth-order valence-electron chi connectivity index (χ4n) is 8.22. The molecule has 0 saturated heterocycles. The van der Waals surface area contributed by atoms with Crippen LogP contribution in [0.4, 0.5) is 0 Å². The molecule has 0 aromatic heterocycles. The summed E-state index contributed by atoms with van der Waals surface area (Å²) < 4.78 is 6.56. The second kappa shape index (κ2) is 8.23. The quantitative estimate of drug-likeness (QED) is 0.596. The van der Waals surface area contributed by atoms with Crippen LogP contribution >= 0.6 is 0 Å². The van der Waals surface area contributed by atoms with E-state index in [1.165, 1.54) is 0 Å². The molecule has 4 rings (SSSR count). The van der Waals surface area contributed by atoms with Crippen LogP contribution in [0.25, 0.3) is 0 Å². The van der Waals surface area contributed by atoms with Crippen molar-refractivity contribution >= 4 is 5.78 Å². The van der Waals surface area contributed by atoms with Gasteiger partial charge in [-0.15, -0.1) is 0 Å². The van der Waals surface area contributed by atoms with E-state index in [1.54, 1.807) is 6.08 Å². The van der Waals surface area contributed by atoms with Crippen molar-refractivity contribution in [1.82, 2.24) is 0 Å². The topological polar surface area (TPSA) is 87.0 Å². The van der Waals surface area contributed by atoms with Crippen LogP contribution in [0.2, 0.25) is 0 Å². The summed E-state index contributed by atoms with van der Waals surface area (Å²) in [5.41, 5.74) is -1.37. The maximum Gasteiger partial charge on any atom is 0.155 e. The Morgan fingerprint density at radius 2 is 2.00 bits per heavy atom. The lowest BCUT2D eigenvalue weighted by atomic mass is 9.44. The molecule has 4 aliphatic rings. The van der Waals surface area contributed by atoms with Crippen molar-refractivity contribution in [3.05, 3.63) is 12.2 Å². The number of aliphatic hydroxyl groups excluding tert-OH is 3. The van der Waals surface area contributed by atoms with E-state index in [0.29, 0.717) is 43.1 Å². The first-order valence-electron chi connectivity index (χ1n) is 12.5. The average Bonchev–Trinajstić information content (AvgIpc) is 3.04. The molecule has 176 valence electrons. The predicted octanol–water partition coefficient (Wildman–Crippen LogP) is 3.50. The Morgan fingerprint density at radius 3 is 2.68 bits per heavy atom. The minimum absolute atomic E-state index is 0.130. The number of ketones is 1. The fraction of sp³-hybridized carbons (Fsp3) is 0.885. The number of fused-ring (bicyclic) bond motifs is 5. The van der Waals surface area contributed by atoms with Gasteiger partial charge in [0.25, 0.3) is 0 Å². The molecule has 31 heavy (non-hydrogen) atoms. The van der Waals surface area contributed by atoms with Gasteiger partial charge in [0.1, 0.15) is 11.7 Å². The van der Waals surface area contributed by atoms with Crippen molar-refractivity contribution in [2.75, 3.05) is 13.2 Å². The molecule has 5 heteroatoms. The molecule has 4 aliphatic carbocycles. The Labute approximate surface area is 187 Å². The van der Waals surface area contributed by atoms with E-state index in [2.05, 4.69) is 33.8 Å². The number of rotatable bonds is 6. The summed E-state index contributed by atoms with van der Waals surface area (Å²) in [4.78, 5) is 12.1. The molecule has 0 aromatic carbocycles. The van der Waals surface area contributed by atoms with E-state index in [1.807, 2.05) is 0 Å². The zero-order valence-electron chi connectivity index (χ0n) is 19.7. The Kier molecular flexibility index (Phi) is 6.22. The van der Waals surface area contributed by atoms with E-state index in [9.17, 15) is 20.1 Å². The molecular weight excluding hydrogens is 392 g/mol. The van der Waals surface area contributed by atoms with Crippen LogP contribution in [-0.2, 0) is 9.53 Å². The lowest BCUT2D eigenvalue weighted by Gasteiger charge is -2.62. The molecule has 3 saturated carbocycles. The Balaban J connectivity index is 1.69. The number of aliphatic hydroxyl groups is 3. The first-order valence-corrected chi connectivity index (χ1v) is 12.5. The molecule has 0 aromatic rings. The number of carbonyl (C=O) groups excluding carboxylic acids is 1. The normalized spacial score (nSPS) is 48.6. The third-order valence-corrected chi connectivity index (χ3v) is 10.2. The first kappa shape index (κ1) is 23.4. The third kappa shape index (κ3) is 3.37. The highest BCUT2D eigenvalue weighted by atomic mass is 16.5. The Bertz CT molecular complexity index is 721. The van der Waals surface area contributed by atoms with Crippen molar-refractivity contribution in [1.29, 1.82) is 0 Å². The standard InChI is InChI=1S/C26H42O5/c1-5-16(2)15-31-26(22(30)14-27)11-9-20-19-7-6-17-12-18(28)8-10-24(17,3)23(19)21(29)13-25(20,26)4/h8,10,16-17,19-23,27,29-30H,5-7,9,11-15H2,1-4H3/t16-,17?,19+,20+,21?,22?,23-,24+,25+,26+/m1/s1. The van der Waals surface area contributed by atoms with Gasteiger partial charge in [-0.2, -0.15) is 0 Å². The number of hydrogen-bond donors (Lipinski definition) is 3. The van der Waals surface area contributed by atoms with Crippen molar-refractivity contribution in [3.63, 3.8) is 0 Å². The molecule has 3 unspecified atom stereocenters. The molecule has 0 radical (unpaired) electrons. The summed E-state index contributed by atoms with van der Waals surface area (Å²) in [6, 6.07) is 0. The fourth-order valence-corrected chi connectivity index (χ4v) is 8.22. The lowest BCUT2D eigenvalue weighted by Crippen LogP contribution is -2.64. The molecule has 5 nitrogen and oxygen atoms in total. The van der Waals surface area contributed by atoms with Crippen molar-refractivity contribution in [2.45, 2.75) is 90.4 Å².